The predicted octanol–water partition coefficient (Wildman–Crippen LogP) is 4.29. The minimum absolute atomic E-state index is 0.646. The van der Waals surface area contributed by atoms with Crippen molar-refractivity contribution in [3.8, 4) is 0 Å². The fraction of sp³-hybridized carbons (Fsp3) is 0.375. The molecule has 21 heavy (non-hydrogen) atoms. The fourth-order valence-electron chi connectivity index (χ4n) is 2.72. The Morgan fingerprint density at radius 1 is 1.24 bits per heavy atom. The molecule has 5 heteroatoms. The van der Waals surface area contributed by atoms with Crippen LogP contribution in [0.25, 0.3) is 0 Å². The number of benzene rings is 1. The van der Waals surface area contributed by atoms with E-state index >= 15 is 0 Å². The summed E-state index contributed by atoms with van der Waals surface area (Å²) in [5.74, 6) is 1.45. The van der Waals surface area contributed by atoms with Crippen LogP contribution >= 0.6 is 15.9 Å². The Balaban J connectivity index is 1.91. The first kappa shape index (κ1) is 14.3. The van der Waals surface area contributed by atoms with Crippen molar-refractivity contribution in [2.45, 2.75) is 32.6 Å². The number of hydrogen-bond acceptors (Lipinski definition) is 4. The quantitative estimate of drug-likeness (QED) is 0.866. The van der Waals surface area contributed by atoms with Crippen molar-refractivity contribution in [1.82, 2.24) is 9.97 Å². The topological polar surface area (TPSA) is 49.8 Å². The Bertz CT molecular complexity index is 642. The summed E-state index contributed by atoms with van der Waals surface area (Å²) in [5.41, 5.74) is 4.05. The first-order valence-electron chi connectivity index (χ1n) is 7.42. The maximum atomic E-state index is 4.53. The highest BCUT2D eigenvalue weighted by Gasteiger charge is 2.14. The lowest BCUT2D eigenvalue weighted by molar-refractivity contribution is 0.687. The molecule has 4 nitrogen and oxygen atoms in total. The van der Waals surface area contributed by atoms with Gasteiger partial charge < -0.3 is 10.6 Å². The van der Waals surface area contributed by atoms with Crippen LogP contribution in [0.1, 0.15) is 30.9 Å². The normalized spacial score (nSPS) is 13.6. The van der Waals surface area contributed by atoms with Gasteiger partial charge in [0.15, 0.2) is 0 Å². The third-order valence-electron chi connectivity index (χ3n) is 3.73. The standard InChI is InChI=1S/C16H19BrN4/c1-2-18-16-19-10-13(17)15(21-16)20-14-9-5-7-11-6-3-4-8-12(11)14/h5,7,9-10H,2-4,6,8H2,1H3,(H2,18,19,20,21). The molecule has 0 radical (unpaired) electrons. The molecule has 1 aromatic heterocycles. The average Bonchev–Trinajstić information content (AvgIpc) is 2.51. The van der Waals surface area contributed by atoms with Gasteiger partial charge in [0, 0.05) is 18.4 Å². The van der Waals surface area contributed by atoms with Crippen molar-refractivity contribution in [2.75, 3.05) is 17.2 Å². The molecule has 0 bridgehead atoms. The summed E-state index contributed by atoms with van der Waals surface area (Å²) in [6.45, 7) is 2.84. The molecule has 0 saturated heterocycles. The lowest BCUT2D eigenvalue weighted by atomic mass is 9.90. The SMILES string of the molecule is CCNc1ncc(Br)c(Nc2cccc3c2CCCC3)n1. The second-order valence-corrected chi connectivity index (χ2v) is 6.05. The molecule has 0 aliphatic heterocycles. The number of nitrogens with zero attached hydrogens (tertiary/aromatic N) is 2. The lowest BCUT2D eigenvalue weighted by Gasteiger charge is -2.20. The summed E-state index contributed by atoms with van der Waals surface area (Å²) in [5, 5.41) is 6.60. The van der Waals surface area contributed by atoms with Gasteiger partial charge in [-0.1, -0.05) is 12.1 Å². The molecular weight excluding hydrogens is 328 g/mol. The molecule has 0 spiro atoms. The maximum absolute atomic E-state index is 4.53. The van der Waals surface area contributed by atoms with Gasteiger partial charge >= 0.3 is 0 Å². The Morgan fingerprint density at radius 3 is 2.95 bits per heavy atom. The number of anilines is 3. The van der Waals surface area contributed by atoms with Crippen LogP contribution in [0.5, 0.6) is 0 Å². The molecule has 0 fully saturated rings. The van der Waals surface area contributed by atoms with E-state index in [0.29, 0.717) is 5.95 Å². The molecule has 0 unspecified atom stereocenters. The van der Waals surface area contributed by atoms with E-state index in [9.17, 15) is 0 Å². The Labute approximate surface area is 133 Å². The zero-order valence-corrected chi connectivity index (χ0v) is 13.7. The predicted molar refractivity (Wildman–Crippen MR) is 90.3 cm³/mol. The zero-order valence-electron chi connectivity index (χ0n) is 12.1. The highest BCUT2D eigenvalue weighted by Crippen LogP contribution is 2.31. The molecule has 1 aromatic carbocycles. The number of hydrogen-bond donors (Lipinski definition) is 2. The lowest BCUT2D eigenvalue weighted by Crippen LogP contribution is -2.08. The Morgan fingerprint density at radius 2 is 2.10 bits per heavy atom. The van der Waals surface area contributed by atoms with Gasteiger partial charge in [0.25, 0.3) is 0 Å². The first-order chi connectivity index (χ1) is 10.3. The number of rotatable bonds is 4. The van der Waals surface area contributed by atoms with Crippen LogP contribution in [0, 0.1) is 0 Å². The van der Waals surface area contributed by atoms with Gasteiger partial charge in [0.05, 0.1) is 4.47 Å². The highest BCUT2D eigenvalue weighted by molar-refractivity contribution is 9.10. The summed E-state index contributed by atoms with van der Waals surface area (Å²) in [7, 11) is 0. The largest absolute Gasteiger partial charge is 0.354 e. The van der Waals surface area contributed by atoms with Gasteiger partial charge in [0.2, 0.25) is 5.95 Å². The summed E-state index contributed by atoms with van der Waals surface area (Å²) >= 11 is 3.52. The smallest absolute Gasteiger partial charge is 0.224 e. The molecule has 0 saturated carbocycles. The van der Waals surface area contributed by atoms with Gasteiger partial charge in [-0.05, 0) is 65.7 Å². The summed E-state index contributed by atoms with van der Waals surface area (Å²) in [6.07, 6.45) is 6.65. The highest BCUT2D eigenvalue weighted by atomic mass is 79.9. The van der Waals surface area contributed by atoms with Crippen LogP contribution in [0.3, 0.4) is 0 Å². The monoisotopic (exact) mass is 346 g/mol. The number of halogens is 1. The van der Waals surface area contributed by atoms with Crippen molar-refractivity contribution in [2.24, 2.45) is 0 Å². The molecule has 2 N–H and O–H groups in total. The third kappa shape index (κ3) is 3.18. The second-order valence-electron chi connectivity index (χ2n) is 5.20. The van der Waals surface area contributed by atoms with Crippen LogP contribution in [0.4, 0.5) is 17.5 Å². The molecule has 0 amide bonds. The van der Waals surface area contributed by atoms with Gasteiger partial charge in [-0.2, -0.15) is 4.98 Å². The molecule has 0 atom stereocenters. The molecule has 1 heterocycles. The molecular formula is C16H19BrN4. The summed E-state index contributed by atoms with van der Waals surface area (Å²) in [4.78, 5) is 8.77. The number of aromatic nitrogens is 2. The van der Waals surface area contributed by atoms with E-state index in [2.05, 4.69) is 54.7 Å². The van der Waals surface area contributed by atoms with E-state index in [1.165, 1.54) is 30.4 Å². The molecule has 110 valence electrons. The molecule has 3 rings (SSSR count). The van der Waals surface area contributed by atoms with Crippen LogP contribution in [0.15, 0.2) is 28.9 Å². The van der Waals surface area contributed by atoms with E-state index in [1.807, 2.05) is 6.92 Å². The minimum atomic E-state index is 0.646. The molecule has 1 aliphatic carbocycles. The van der Waals surface area contributed by atoms with Gasteiger partial charge in [-0.25, -0.2) is 4.98 Å². The van der Waals surface area contributed by atoms with Crippen molar-refractivity contribution in [3.63, 3.8) is 0 Å². The van der Waals surface area contributed by atoms with E-state index in [4.69, 9.17) is 0 Å². The number of aryl methyl sites for hydroxylation is 1. The fourth-order valence-corrected chi connectivity index (χ4v) is 3.01. The first-order valence-corrected chi connectivity index (χ1v) is 8.21. The zero-order chi connectivity index (χ0) is 14.7. The minimum Gasteiger partial charge on any atom is -0.354 e. The van der Waals surface area contributed by atoms with Gasteiger partial charge in [0.1, 0.15) is 5.82 Å². The average molecular weight is 347 g/mol. The summed E-state index contributed by atoms with van der Waals surface area (Å²) in [6, 6.07) is 6.48. The maximum Gasteiger partial charge on any atom is 0.224 e. The third-order valence-corrected chi connectivity index (χ3v) is 4.31. The van der Waals surface area contributed by atoms with Crippen molar-refractivity contribution in [3.05, 3.63) is 40.0 Å². The van der Waals surface area contributed by atoms with Gasteiger partial charge in [-0.3, -0.25) is 0 Å². The second kappa shape index (κ2) is 6.43. The van der Waals surface area contributed by atoms with E-state index < -0.39 is 0 Å². The Hall–Kier alpha value is -1.62. The van der Waals surface area contributed by atoms with Crippen molar-refractivity contribution in [1.29, 1.82) is 0 Å². The molecule has 2 aromatic rings. The van der Waals surface area contributed by atoms with Crippen molar-refractivity contribution >= 4 is 33.4 Å². The molecule has 1 aliphatic rings. The van der Waals surface area contributed by atoms with Crippen LogP contribution in [-0.4, -0.2) is 16.5 Å². The summed E-state index contributed by atoms with van der Waals surface area (Å²) < 4.78 is 0.873. The van der Waals surface area contributed by atoms with Crippen LogP contribution < -0.4 is 10.6 Å². The van der Waals surface area contributed by atoms with Crippen LogP contribution in [0.2, 0.25) is 0 Å². The Kier molecular flexibility index (Phi) is 4.39. The van der Waals surface area contributed by atoms with Crippen molar-refractivity contribution < 1.29 is 0 Å². The number of fused-ring (bicyclic) bond motifs is 1. The van der Waals surface area contributed by atoms with Crippen LogP contribution in [-0.2, 0) is 12.8 Å². The van der Waals surface area contributed by atoms with E-state index in [-0.39, 0.29) is 0 Å². The van der Waals surface area contributed by atoms with Gasteiger partial charge in [-0.15, -0.1) is 0 Å². The number of nitrogens with one attached hydrogen (secondary N) is 2. The van der Waals surface area contributed by atoms with E-state index in [0.717, 1.165) is 28.9 Å². The van der Waals surface area contributed by atoms with E-state index in [1.54, 1.807) is 6.20 Å².